The third-order valence-electron chi connectivity index (χ3n) is 10.2. The van der Waals surface area contributed by atoms with Crippen LogP contribution < -0.4 is 9.80 Å². The summed E-state index contributed by atoms with van der Waals surface area (Å²) in [5, 5.41) is 0. The van der Waals surface area contributed by atoms with Crippen molar-refractivity contribution in [2.24, 2.45) is 0 Å². The molecule has 0 amide bonds. The molecular weight excluding hydrogens is 681 g/mol. The van der Waals surface area contributed by atoms with E-state index in [4.69, 9.17) is 0 Å². The first-order valence-electron chi connectivity index (χ1n) is 18.9. The normalized spacial score (nSPS) is 12.5. The quantitative estimate of drug-likeness (QED) is 0.141. The molecule has 1 aliphatic rings. The van der Waals surface area contributed by atoms with Gasteiger partial charge in [-0.05, 0) is 95.1 Å². The molecule has 3 heteroatoms. The summed E-state index contributed by atoms with van der Waals surface area (Å²) < 4.78 is 0. The fraction of sp³-hybridized carbons (Fsp3) is 0. The Kier molecular flexibility index (Phi) is 9.47. The maximum Gasteiger partial charge on any atom is 0.195 e. The standard InChI is InChI=1S/C53H38N2O/c56-53-51(39-19-7-1-8-20-39)49(41-31-35-47(36-32-41)54(43-23-11-3-12-24-43)44-25-13-4-14-26-44)50(52(53)40-21-9-2-10-22-40)42-33-37-48(38-34-42)55(45-27-15-5-16-28-45)46-29-17-6-18-30-46/h1-38H. The molecule has 0 atom stereocenters. The van der Waals surface area contributed by atoms with E-state index in [1.807, 2.05) is 84.9 Å². The first kappa shape index (κ1) is 34.3. The number of carbonyl (C=O) groups excluding carboxylic acids is 1. The van der Waals surface area contributed by atoms with Crippen LogP contribution in [-0.4, -0.2) is 5.78 Å². The zero-order valence-electron chi connectivity index (χ0n) is 30.7. The van der Waals surface area contributed by atoms with Crippen LogP contribution in [0.3, 0.4) is 0 Å². The minimum Gasteiger partial charge on any atom is -0.311 e. The van der Waals surface area contributed by atoms with Crippen molar-refractivity contribution in [2.45, 2.75) is 0 Å². The topological polar surface area (TPSA) is 23.6 Å². The SMILES string of the molecule is O=C1C(c2ccccc2)=C(c2ccc(N(c3ccccc3)c3ccccc3)cc2)C(c2ccc(N(c3ccccc3)c3ccccc3)cc2)=C1c1ccccc1. The summed E-state index contributed by atoms with van der Waals surface area (Å²) in [4.78, 5) is 19.5. The first-order chi connectivity index (χ1) is 27.7. The van der Waals surface area contributed by atoms with Crippen molar-refractivity contribution < 1.29 is 4.79 Å². The second-order valence-corrected chi connectivity index (χ2v) is 13.7. The molecule has 9 rings (SSSR count). The number of nitrogens with zero attached hydrogens (tertiary/aromatic N) is 2. The van der Waals surface area contributed by atoms with Crippen LogP contribution in [0.2, 0.25) is 0 Å². The molecule has 0 heterocycles. The van der Waals surface area contributed by atoms with Gasteiger partial charge >= 0.3 is 0 Å². The third-order valence-corrected chi connectivity index (χ3v) is 10.2. The number of benzene rings is 8. The van der Waals surface area contributed by atoms with E-state index in [-0.39, 0.29) is 5.78 Å². The highest BCUT2D eigenvalue weighted by Crippen LogP contribution is 2.50. The van der Waals surface area contributed by atoms with Crippen molar-refractivity contribution in [3.05, 3.63) is 253 Å². The lowest BCUT2D eigenvalue weighted by Crippen LogP contribution is -2.09. The van der Waals surface area contributed by atoms with Crippen LogP contribution in [0.4, 0.5) is 34.1 Å². The lowest BCUT2D eigenvalue weighted by Gasteiger charge is -2.26. The van der Waals surface area contributed by atoms with Crippen LogP contribution in [-0.2, 0) is 4.79 Å². The Morgan fingerprint density at radius 3 is 0.696 bits per heavy atom. The summed E-state index contributed by atoms with van der Waals surface area (Å²) in [7, 11) is 0. The number of Topliss-reactive ketones (excluding diaryl/α,β-unsaturated/α-hetero) is 1. The number of hydrogen-bond acceptors (Lipinski definition) is 3. The molecule has 8 aromatic carbocycles. The molecular formula is C53H38N2O. The van der Waals surface area contributed by atoms with Crippen molar-refractivity contribution in [3.8, 4) is 0 Å². The van der Waals surface area contributed by atoms with Gasteiger partial charge in [-0.15, -0.1) is 0 Å². The Bertz CT molecular complexity index is 2370. The smallest absolute Gasteiger partial charge is 0.195 e. The second kappa shape index (κ2) is 15.5. The zero-order valence-corrected chi connectivity index (χ0v) is 30.7. The molecule has 0 spiro atoms. The first-order valence-corrected chi connectivity index (χ1v) is 18.9. The summed E-state index contributed by atoms with van der Waals surface area (Å²) in [5.74, 6) is 0.0194. The molecule has 0 unspecified atom stereocenters. The number of hydrogen-bond donors (Lipinski definition) is 0. The molecule has 3 nitrogen and oxygen atoms in total. The summed E-state index contributed by atoms with van der Waals surface area (Å²) in [6, 6.07) is 79.1. The molecule has 0 saturated heterocycles. The van der Waals surface area contributed by atoms with Gasteiger partial charge in [-0.25, -0.2) is 0 Å². The van der Waals surface area contributed by atoms with Crippen molar-refractivity contribution in [1.82, 2.24) is 0 Å². The highest BCUT2D eigenvalue weighted by molar-refractivity contribution is 6.59. The Morgan fingerprint density at radius 2 is 0.429 bits per heavy atom. The summed E-state index contributed by atoms with van der Waals surface area (Å²) in [6.45, 7) is 0. The maximum absolute atomic E-state index is 15.0. The molecule has 1 aliphatic carbocycles. The van der Waals surface area contributed by atoms with E-state index in [2.05, 4.69) is 155 Å². The van der Waals surface area contributed by atoms with Crippen LogP contribution in [0.25, 0.3) is 22.3 Å². The van der Waals surface area contributed by atoms with E-state index in [9.17, 15) is 0 Å². The number of para-hydroxylation sites is 4. The van der Waals surface area contributed by atoms with E-state index in [0.717, 1.165) is 67.5 Å². The molecule has 56 heavy (non-hydrogen) atoms. The minimum atomic E-state index is 0.0194. The molecule has 0 N–H and O–H groups in total. The molecule has 0 aromatic heterocycles. The van der Waals surface area contributed by atoms with Crippen molar-refractivity contribution in [2.75, 3.05) is 9.80 Å². The second-order valence-electron chi connectivity index (χ2n) is 13.7. The fourth-order valence-electron chi connectivity index (χ4n) is 7.70. The molecule has 266 valence electrons. The largest absolute Gasteiger partial charge is 0.311 e. The van der Waals surface area contributed by atoms with Gasteiger partial charge in [0, 0.05) is 56.4 Å². The molecule has 0 bridgehead atoms. The van der Waals surface area contributed by atoms with Gasteiger partial charge in [0.2, 0.25) is 0 Å². The summed E-state index contributed by atoms with van der Waals surface area (Å²) in [6.07, 6.45) is 0. The van der Waals surface area contributed by atoms with Gasteiger partial charge in [-0.3, -0.25) is 4.79 Å². The van der Waals surface area contributed by atoms with E-state index < -0.39 is 0 Å². The average Bonchev–Trinajstić information content (AvgIpc) is 3.59. The third kappa shape index (κ3) is 6.63. The van der Waals surface area contributed by atoms with Gasteiger partial charge < -0.3 is 9.80 Å². The molecule has 0 radical (unpaired) electrons. The lowest BCUT2D eigenvalue weighted by atomic mass is 9.89. The van der Waals surface area contributed by atoms with Gasteiger partial charge in [-0.1, -0.05) is 158 Å². The maximum atomic E-state index is 15.0. The summed E-state index contributed by atoms with van der Waals surface area (Å²) >= 11 is 0. The minimum absolute atomic E-state index is 0.0194. The van der Waals surface area contributed by atoms with Crippen molar-refractivity contribution >= 4 is 62.2 Å². The number of allylic oxidation sites excluding steroid dienone is 4. The van der Waals surface area contributed by atoms with Gasteiger partial charge in [0.1, 0.15) is 0 Å². The van der Waals surface area contributed by atoms with E-state index in [1.165, 1.54) is 0 Å². The van der Waals surface area contributed by atoms with Gasteiger partial charge in [0.15, 0.2) is 5.78 Å². The van der Waals surface area contributed by atoms with Crippen molar-refractivity contribution in [3.63, 3.8) is 0 Å². The van der Waals surface area contributed by atoms with Crippen LogP contribution in [0.15, 0.2) is 231 Å². The predicted octanol–water partition coefficient (Wildman–Crippen LogP) is 13.7. The van der Waals surface area contributed by atoms with Gasteiger partial charge in [0.25, 0.3) is 0 Å². The van der Waals surface area contributed by atoms with E-state index in [1.54, 1.807) is 0 Å². The van der Waals surface area contributed by atoms with Gasteiger partial charge in [-0.2, -0.15) is 0 Å². The van der Waals surface area contributed by atoms with E-state index >= 15 is 4.79 Å². The average molecular weight is 719 g/mol. The summed E-state index contributed by atoms with van der Waals surface area (Å²) in [5.41, 5.74) is 13.3. The van der Waals surface area contributed by atoms with E-state index in [0.29, 0.717) is 11.1 Å². The van der Waals surface area contributed by atoms with Crippen LogP contribution in [0, 0.1) is 0 Å². The van der Waals surface area contributed by atoms with Crippen LogP contribution in [0.5, 0.6) is 0 Å². The Morgan fingerprint density at radius 1 is 0.214 bits per heavy atom. The Hall–Kier alpha value is -7.49. The molecule has 0 fully saturated rings. The van der Waals surface area contributed by atoms with Crippen LogP contribution in [0.1, 0.15) is 22.3 Å². The number of ketones is 1. The number of rotatable bonds is 10. The fourth-order valence-corrected chi connectivity index (χ4v) is 7.70. The lowest BCUT2D eigenvalue weighted by molar-refractivity contribution is -0.108. The zero-order chi connectivity index (χ0) is 37.7. The highest BCUT2D eigenvalue weighted by Gasteiger charge is 2.35. The molecule has 8 aromatic rings. The number of carbonyl (C=O) groups is 1. The highest BCUT2D eigenvalue weighted by atomic mass is 16.1. The van der Waals surface area contributed by atoms with Crippen LogP contribution >= 0.6 is 0 Å². The van der Waals surface area contributed by atoms with Crippen molar-refractivity contribution in [1.29, 1.82) is 0 Å². The number of anilines is 6. The van der Waals surface area contributed by atoms with Gasteiger partial charge in [0.05, 0.1) is 0 Å². The molecule has 0 aliphatic heterocycles. The molecule has 0 saturated carbocycles. The Balaban J connectivity index is 1.22. The predicted molar refractivity (Wildman–Crippen MR) is 234 cm³/mol. The monoisotopic (exact) mass is 718 g/mol. The Labute approximate surface area is 328 Å².